The Labute approximate surface area is 163 Å². The molecule has 0 radical (unpaired) electrons. The monoisotopic (exact) mass is 428 g/mol. The number of benzene rings is 1. The van der Waals surface area contributed by atoms with Crippen LogP contribution in [0.3, 0.4) is 0 Å². The summed E-state index contributed by atoms with van der Waals surface area (Å²) < 4.78 is 7.55. The first kappa shape index (κ1) is 17.7. The molecule has 1 saturated carbocycles. The Hall–Kier alpha value is -2.74. The lowest BCUT2D eigenvalue weighted by atomic mass is 10.2. The van der Waals surface area contributed by atoms with Crippen molar-refractivity contribution >= 4 is 21.8 Å². The highest BCUT2D eigenvalue weighted by Crippen LogP contribution is 2.38. The third kappa shape index (κ3) is 4.16. The molecule has 1 N–H and O–H groups in total. The second-order valence-electron chi connectivity index (χ2n) is 6.48. The van der Waals surface area contributed by atoms with Crippen molar-refractivity contribution in [3.05, 3.63) is 68.8 Å². The minimum absolute atomic E-state index is 0.0826. The van der Waals surface area contributed by atoms with Crippen LogP contribution in [0.4, 0.5) is 0 Å². The van der Waals surface area contributed by atoms with Crippen LogP contribution in [-0.4, -0.2) is 20.6 Å². The van der Waals surface area contributed by atoms with Crippen molar-refractivity contribution in [2.45, 2.75) is 31.8 Å². The Balaban J connectivity index is 1.45. The van der Waals surface area contributed by atoms with E-state index >= 15 is 0 Å². The lowest BCUT2D eigenvalue weighted by Crippen LogP contribution is -2.31. The molecule has 4 rings (SSSR count). The summed E-state index contributed by atoms with van der Waals surface area (Å²) in [6.07, 6.45) is 3.73. The number of nitrogens with zero attached hydrogens (tertiary/aromatic N) is 3. The van der Waals surface area contributed by atoms with Gasteiger partial charge in [0.05, 0.1) is 5.56 Å². The number of amides is 1. The number of halogens is 1. The fraction of sp³-hybridized carbons (Fsp3) is 0.263. The number of carbonyl (C=O) groups is 1. The molecule has 0 aliphatic heterocycles. The van der Waals surface area contributed by atoms with E-state index in [0.29, 0.717) is 29.7 Å². The van der Waals surface area contributed by atoms with Gasteiger partial charge in [0, 0.05) is 29.2 Å². The van der Waals surface area contributed by atoms with Crippen LogP contribution < -0.4 is 10.9 Å². The average molecular weight is 429 g/mol. The number of carbonyl (C=O) groups excluding carboxylic acids is 1. The normalized spacial score (nSPS) is 13.5. The van der Waals surface area contributed by atoms with E-state index in [1.807, 2.05) is 24.3 Å². The number of pyridine rings is 1. The highest BCUT2D eigenvalue weighted by atomic mass is 79.9. The smallest absolute Gasteiger partial charge is 0.259 e. The van der Waals surface area contributed by atoms with E-state index in [0.717, 1.165) is 22.9 Å². The molecule has 1 aromatic carbocycles. The number of hydrogen-bond donors (Lipinski definition) is 1. The van der Waals surface area contributed by atoms with Gasteiger partial charge in [-0.3, -0.25) is 9.59 Å². The average Bonchev–Trinajstić information content (AvgIpc) is 3.40. The molecule has 0 unspecified atom stereocenters. The van der Waals surface area contributed by atoms with Crippen molar-refractivity contribution in [2.24, 2.45) is 0 Å². The fourth-order valence-corrected chi connectivity index (χ4v) is 3.11. The first-order valence-corrected chi connectivity index (χ1v) is 9.44. The maximum Gasteiger partial charge on any atom is 0.259 e. The van der Waals surface area contributed by atoms with Crippen molar-refractivity contribution in [1.82, 2.24) is 20.0 Å². The third-order valence-corrected chi connectivity index (χ3v) is 5.14. The van der Waals surface area contributed by atoms with E-state index in [1.54, 1.807) is 12.3 Å². The van der Waals surface area contributed by atoms with Crippen LogP contribution in [0.5, 0.6) is 0 Å². The minimum atomic E-state index is -0.267. The van der Waals surface area contributed by atoms with Crippen LogP contribution in [0.15, 0.2) is 56.4 Å². The largest absolute Gasteiger partial charge is 0.350 e. The Bertz CT molecular complexity index is 1040. The third-order valence-electron chi connectivity index (χ3n) is 4.36. The van der Waals surface area contributed by atoms with Gasteiger partial charge < -0.3 is 14.4 Å². The van der Waals surface area contributed by atoms with Gasteiger partial charge in [0.2, 0.25) is 5.91 Å². The molecule has 0 spiro atoms. The zero-order chi connectivity index (χ0) is 18.8. The highest BCUT2D eigenvalue weighted by Gasteiger charge is 2.29. The summed E-state index contributed by atoms with van der Waals surface area (Å²) in [6.45, 7) is 0.295. The molecular formula is C19H17BrN4O3. The van der Waals surface area contributed by atoms with Gasteiger partial charge in [-0.2, -0.15) is 4.98 Å². The van der Waals surface area contributed by atoms with E-state index in [4.69, 9.17) is 4.52 Å². The summed E-state index contributed by atoms with van der Waals surface area (Å²) in [5, 5.41) is 6.80. The molecule has 1 aliphatic carbocycles. The van der Waals surface area contributed by atoms with Gasteiger partial charge in [0.15, 0.2) is 5.82 Å². The fourth-order valence-electron chi connectivity index (χ4n) is 2.69. The Morgan fingerprint density at radius 1 is 1.26 bits per heavy atom. The van der Waals surface area contributed by atoms with Crippen LogP contribution >= 0.6 is 15.9 Å². The Morgan fingerprint density at radius 2 is 2.07 bits per heavy atom. The first-order valence-electron chi connectivity index (χ1n) is 8.65. The van der Waals surface area contributed by atoms with Gasteiger partial charge in [-0.05, 0) is 30.5 Å². The van der Waals surface area contributed by atoms with E-state index in [2.05, 4.69) is 31.4 Å². The summed E-state index contributed by atoms with van der Waals surface area (Å²) in [5.74, 6) is 1.19. The van der Waals surface area contributed by atoms with Crippen LogP contribution in [0, 0.1) is 0 Å². The molecule has 2 aromatic heterocycles. The molecule has 2 heterocycles. The van der Waals surface area contributed by atoms with Crippen LogP contribution in [0.25, 0.3) is 11.5 Å². The van der Waals surface area contributed by atoms with E-state index in [-0.39, 0.29) is 18.0 Å². The summed E-state index contributed by atoms with van der Waals surface area (Å²) in [7, 11) is 0. The predicted octanol–water partition coefficient (Wildman–Crippen LogP) is 2.85. The molecule has 0 bridgehead atoms. The van der Waals surface area contributed by atoms with Gasteiger partial charge in [-0.15, -0.1) is 0 Å². The first-order chi connectivity index (χ1) is 13.1. The summed E-state index contributed by atoms with van der Waals surface area (Å²) >= 11 is 3.45. The van der Waals surface area contributed by atoms with Crippen LogP contribution in [0.1, 0.15) is 30.1 Å². The molecule has 3 aromatic rings. The van der Waals surface area contributed by atoms with Crippen molar-refractivity contribution < 1.29 is 9.32 Å². The second-order valence-corrected chi connectivity index (χ2v) is 7.34. The van der Waals surface area contributed by atoms with Crippen molar-refractivity contribution in [3.63, 3.8) is 0 Å². The van der Waals surface area contributed by atoms with E-state index in [1.165, 1.54) is 10.6 Å². The Kier molecular flexibility index (Phi) is 4.89. The quantitative estimate of drug-likeness (QED) is 0.651. The molecule has 27 heavy (non-hydrogen) atoms. The summed E-state index contributed by atoms with van der Waals surface area (Å²) in [6, 6.07) is 10.7. The molecule has 1 fully saturated rings. The highest BCUT2D eigenvalue weighted by molar-refractivity contribution is 9.10. The Morgan fingerprint density at radius 3 is 2.85 bits per heavy atom. The molecule has 1 amide bonds. The molecule has 138 valence electrons. The minimum Gasteiger partial charge on any atom is -0.350 e. The SMILES string of the molecule is O=C(Cn1cc(-c2nc(C3CC3)no2)ccc1=O)NCc1ccccc1Br. The number of aromatic nitrogens is 3. The number of hydrogen-bond acceptors (Lipinski definition) is 5. The molecule has 8 heteroatoms. The lowest BCUT2D eigenvalue weighted by molar-refractivity contribution is -0.121. The van der Waals surface area contributed by atoms with Gasteiger partial charge >= 0.3 is 0 Å². The molecule has 0 saturated heterocycles. The van der Waals surface area contributed by atoms with Gasteiger partial charge in [-0.1, -0.05) is 39.3 Å². The molecule has 0 atom stereocenters. The van der Waals surface area contributed by atoms with Gasteiger partial charge in [-0.25, -0.2) is 0 Å². The maximum absolute atomic E-state index is 12.3. The van der Waals surface area contributed by atoms with Crippen LogP contribution in [0.2, 0.25) is 0 Å². The molecule has 7 nitrogen and oxygen atoms in total. The van der Waals surface area contributed by atoms with Gasteiger partial charge in [0.25, 0.3) is 11.4 Å². The predicted molar refractivity (Wildman–Crippen MR) is 102 cm³/mol. The van der Waals surface area contributed by atoms with Crippen molar-refractivity contribution in [2.75, 3.05) is 0 Å². The van der Waals surface area contributed by atoms with Crippen molar-refractivity contribution in [1.29, 1.82) is 0 Å². The summed E-state index contributed by atoms with van der Waals surface area (Å²) in [5.41, 5.74) is 1.31. The number of rotatable bonds is 6. The van der Waals surface area contributed by atoms with Gasteiger partial charge in [0.1, 0.15) is 6.54 Å². The molecule has 1 aliphatic rings. The van der Waals surface area contributed by atoms with E-state index in [9.17, 15) is 9.59 Å². The summed E-state index contributed by atoms with van der Waals surface area (Å²) in [4.78, 5) is 28.7. The molecular weight excluding hydrogens is 412 g/mol. The topological polar surface area (TPSA) is 90.0 Å². The maximum atomic E-state index is 12.3. The standard InChI is InChI=1S/C19H17BrN4O3/c20-15-4-2-1-3-13(15)9-21-16(25)11-24-10-14(7-8-17(24)26)19-22-18(23-27-19)12-5-6-12/h1-4,7-8,10,12H,5-6,9,11H2,(H,21,25). The lowest BCUT2D eigenvalue weighted by Gasteiger charge is -2.09. The van der Waals surface area contributed by atoms with Crippen LogP contribution in [-0.2, 0) is 17.9 Å². The van der Waals surface area contributed by atoms with Crippen molar-refractivity contribution in [3.8, 4) is 11.5 Å². The second kappa shape index (κ2) is 7.48. The number of nitrogens with one attached hydrogen (secondary N) is 1. The zero-order valence-corrected chi connectivity index (χ0v) is 16.0. The van der Waals surface area contributed by atoms with E-state index < -0.39 is 0 Å². The zero-order valence-electron chi connectivity index (χ0n) is 14.4.